The summed E-state index contributed by atoms with van der Waals surface area (Å²) >= 11 is 6.16. The summed E-state index contributed by atoms with van der Waals surface area (Å²) in [7, 11) is 0. The van der Waals surface area contributed by atoms with E-state index in [4.69, 9.17) is 16.3 Å². The number of benzene rings is 3. The lowest BCUT2D eigenvalue weighted by Crippen LogP contribution is -2.56. The van der Waals surface area contributed by atoms with E-state index in [-0.39, 0.29) is 13.0 Å². The smallest absolute Gasteiger partial charge is 0.267 e. The normalized spacial score (nSPS) is 16.7. The van der Waals surface area contributed by atoms with E-state index >= 15 is 0 Å². The lowest BCUT2D eigenvalue weighted by atomic mass is 9.99. The minimum Gasteiger partial charge on any atom is -0.483 e. The summed E-state index contributed by atoms with van der Waals surface area (Å²) in [6.45, 7) is 5.04. The highest BCUT2D eigenvalue weighted by Crippen LogP contribution is 2.33. The highest BCUT2D eigenvalue weighted by molar-refractivity contribution is 6.30. The Bertz CT molecular complexity index is 1540. The summed E-state index contributed by atoms with van der Waals surface area (Å²) in [5.41, 5.74) is 3.88. The predicted molar refractivity (Wildman–Crippen MR) is 177 cm³/mol. The van der Waals surface area contributed by atoms with Crippen molar-refractivity contribution in [2.45, 2.75) is 70.7 Å². The number of likely N-dealkylation sites (tertiary alicyclic amines) is 1. The molecule has 0 saturated carbocycles. The molecular weight excluding hydrogens is 630 g/mol. The van der Waals surface area contributed by atoms with Gasteiger partial charge in [-0.15, -0.1) is 0 Å². The van der Waals surface area contributed by atoms with Crippen molar-refractivity contribution in [1.29, 1.82) is 0 Å². The van der Waals surface area contributed by atoms with Crippen LogP contribution in [0.2, 0.25) is 5.02 Å². The summed E-state index contributed by atoms with van der Waals surface area (Å²) < 4.78 is 35.2. The molecule has 3 aromatic rings. The molecule has 0 aromatic heterocycles. The van der Waals surface area contributed by atoms with Gasteiger partial charge in [0, 0.05) is 30.2 Å². The zero-order valence-electron chi connectivity index (χ0n) is 26.7. The maximum absolute atomic E-state index is 14.7. The highest BCUT2D eigenvalue weighted by atomic mass is 35.5. The fraction of sp³-hybridized carbons (Fsp3) is 0.400. The maximum Gasteiger partial charge on any atom is 0.267 e. The third-order valence-electron chi connectivity index (χ3n) is 7.98. The number of rotatable bonds is 14. The minimum absolute atomic E-state index is 0.0175. The first-order valence-corrected chi connectivity index (χ1v) is 16.0. The predicted octanol–water partition coefficient (Wildman–Crippen LogP) is 4.66. The number of amides is 3. The summed E-state index contributed by atoms with van der Waals surface area (Å²) in [6, 6.07) is 16.8. The number of aryl methyl sites for hydroxylation is 2. The van der Waals surface area contributed by atoms with Crippen LogP contribution in [0.5, 0.6) is 5.75 Å². The Morgan fingerprint density at radius 2 is 1.77 bits per heavy atom. The van der Waals surface area contributed by atoms with E-state index in [2.05, 4.69) is 16.0 Å². The topological polar surface area (TPSA) is 120 Å². The van der Waals surface area contributed by atoms with Crippen molar-refractivity contribution in [2.75, 3.05) is 25.0 Å². The third-order valence-corrected chi connectivity index (χ3v) is 8.20. The van der Waals surface area contributed by atoms with Crippen molar-refractivity contribution in [1.82, 2.24) is 15.5 Å². The van der Waals surface area contributed by atoms with Crippen LogP contribution in [0, 0.1) is 6.92 Å². The zero-order chi connectivity index (χ0) is 34.1. The van der Waals surface area contributed by atoms with Gasteiger partial charge in [-0.2, -0.15) is 0 Å². The van der Waals surface area contributed by atoms with Gasteiger partial charge in [-0.25, -0.2) is 8.78 Å². The van der Waals surface area contributed by atoms with Crippen LogP contribution in [-0.2, 0) is 33.8 Å². The summed E-state index contributed by atoms with van der Waals surface area (Å²) in [6.07, 6.45) is -2.19. The fourth-order valence-corrected chi connectivity index (χ4v) is 5.94. The van der Waals surface area contributed by atoms with Gasteiger partial charge in [0.25, 0.3) is 17.7 Å². The van der Waals surface area contributed by atoms with Gasteiger partial charge in [0.2, 0.25) is 5.91 Å². The van der Waals surface area contributed by atoms with E-state index in [1.54, 1.807) is 61.5 Å². The first-order chi connectivity index (χ1) is 22.4. The highest BCUT2D eigenvalue weighted by Gasteiger charge is 2.51. The number of hydrogen-bond acceptors (Lipinski definition) is 6. The number of nitrogens with zero attached hydrogens (tertiary/aromatic N) is 1. The Labute approximate surface area is 278 Å². The van der Waals surface area contributed by atoms with E-state index in [9.17, 15) is 28.3 Å². The molecule has 3 amide bonds. The van der Waals surface area contributed by atoms with Crippen LogP contribution in [-0.4, -0.2) is 71.5 Å². The molecule has 0 unspecified atom stereocenters. The molecule has 12 heteroatoms. The number of alkyl halides is 2. The molecule has 3 aromatic carbocycles. The average Bonchev–Trinajstić information content (AvgIpc) is 3.38. The first kappa shape index (κ1) is 35.6. The molecule has 1 aliphatic heterocycles. The Morgan fingerprint density at radius 3 is 2.43 bits per heavy atom. The molecule has 4 rings (SSSR count). The Kier molecular flexibility index (Phi) is 12.2. The molecule has 0 radical (unpaired) electrons. The second kappa shape index (κ2) is 16.1. The molecule has 47 heavy (non-hydrogen) atoms. The molecule has 9 nitrogen and oxygen atoms in total. The number of anilines is 1. The number of aliphatic hydroxyl groups is 1. The van der Waals surface area contributed by atoms with Gasteiger partial charge < -0.3 is 30.7 Å². The Balaban J connectivity index is 1.47. The quantitative estimate of drug-likeness (QED) is 0.198. The number of hydrogen-bond donors (Lipinski definition) is 4. The second-order valence-electron chi connectivity index (χ2n) is 11.6. The van der Waals surface area contributed by atoms with Crippen LogP contribution < -0.4 is 20.7 Å². The monoisotopic (exact) mass is 670 g/mol. The van der Waals surface area contributed by atoms with Gasteiger partial charge in [0.15, 0.2) is 12.7 Å². The number of ether oxygens (including phenoxy) is 1. The summed E-state index contributed by atoms with van der Waals surface area (Å²) in [5, 5.41) is 20.3. The van der Waals surface area contributed by atoms with Gasteiger partial charge in [-0.3, -0.25) is 14.4 Å². The molecule has 4 N–H and O–H groups in total. The second-order valence-corrected chi connectivity index (χ2v) is 12.1. The van der Waals surface area contributed by atoms with Crippen molar-refractivity contribution in [3.63, 3.8) is 0 Å². The van der Waals surface area contributed by atoms with Gasteiger partial charge in [-0.05, 0) is 73.2 Å². The maximum atomic E-state index is 14.7. The molecule has 0 aliphatic carbocycles. The number of nitrogens with one attached hydrogen (secondary N) is 3. The van der Waals surface area contributed by atoms with Crippen LogP contribution >= 0.6 is 11.6 Å². The average molecular weight is 671 g/mol. The van der Waals surface area contributed by atoms with Crippen LogP contribution in [0.1, 0.15) is 42.5 Å². The van der Waals surface area contributed by atoms with Crippen LogP contribution in [0.15, 0.2) is 66.7 Å². The van der Waals surface area contributed by atoms with Crippen molar-refractivity contribution in [3.8, 4) is 5.75 Å². The zero-order valence-corrected chi connectivity index (χ0v) is 27.4. The lowest BCUT2D eigenvalue weighted by molar-refractivity contribution is -0.147. The Hall–Kier alpha value is -4.22. The molecule has 1 fully saturated rings. The van der Waals surface area contributed by atoms with Crippen molar-refractivity contribution < 1.29 is 33.0 Å². The van der Waals surface area contributed by atoms with Crippen LogP contribution in [0.4, 0.5) is 14.5 Å². The molecule has 252 valence electrons. The molecule has 1 aliphatic rings. The van der Waals surface area contributed by atoms with Gasteiger partial charge in [0.1, 0.15) is 11.8 Å². The number of aliphatic hydroxyl groups excluding tert-OH is 1. The first-order valence-electron chi connectivity index (χ1n) is 15.6. The summed E-state index contributed by atoms with van der Waals surface area (Å²) in [5.74, 6) is -5.31. The SMILES string of the molecule is CCNc1ccc(CNC(=O)[C@@H]2CC(F)(F)CN2C(=O)[C@@H](O)[C@H](Cc2ccccc2)NC(=O)COc2c(C)cc(Cl)cc2CC)cc1. The fourth-order valence-electron chi connectivity index (χ4n) is 5.64. The van der Waals surface area contributed by atoms with Crippen LogP contribution in [0.3, 0.4) is 0 Å². The molecular formula is C35H41ClF2N4O5. The molecule has 0 spiro atoms. The number of halogens is 3. The number of carbonyl (C=O) groups excluding carboxylic acids is 3. The van der Waals surface area contributed by atoms with E-state index < -0.39 is 61.4 Å². The van der Waals surface area contributed by atoms with E-state index in [0.29, 0.717) is 27.7 Å². The van der Waals surface area contributed by atoms with Gasteiger partial charge in [-0.1, -0.05) is 61.0 Å². The largest absolute Gasteiger partial charge is 0.483 e. The van der Waals surface area contributed by atoms with E-state index in [1.165, 1.54) is 0 Å². The molecule has 1 saturated heterocycles. The van der Waals surface area contributed by atoms with Crippen molar-refractivity contribution >= 4 is 35.0 Å². The van der Waals surface area contributed by atoms with Crippen molar-refractivity contribution in [3.05, 3.63) is 94.0 Å². The lowest BCUT2D eigenvalue weighted by Gasteiger charge is -2.30. The van der Waals surface area contributed by atoms with Crippen LogP contribution in [0.25, 0.3) is 0 Å². The van der Waals surface area contributed by atoms with Crippen molar-refractivity contribution in [2.24, 2.45) is 0 Å². The minimum atomic E-state index is -3.34. The van der Waals surface area contributed by atoms with Gasteiger partial charge in [0.05, 0.1) is 12.6 Å². The molecule has 3 atom stereocenters. The van der Waals surface area contributed by atoms with E-state index in [0.717, 1.165) is 28.9 Å². The third kappa shape index (κ3) is 9.65. The molecule has 1 heterocycles. The summed E-state index contributed by atoms with van der Waals surface area (Å²) in [4.78, 5) is 40.6. The Morgan fingerprint density at radius 1 is 1.06 bits per heavy atom. The van der Waals surface area contributed by atoms with Gasteiger partial charge >= 0.3 is 0 Å². The number of carbonyl (C=O) groups is 3. The molecule has 0 bridgehead atoms. The standard InChI is InChI=1S/C35H41ClF2N4O5/c1-4-25-17-26(36)15-22(3)32(25)47-20-30(43)41-28(16-23-9-7-6-8-10-23)31(44)34(46)42-21-35(37,38)18-29(42)33(45)40-19-24-11-13-27(14-12-24)39-5-2/h6-15,17,28-29,31,39,44H,4-5,16,18-21H2,1-3H3,(H,40,45)(H,41,43)/t28-,29-,31-/m0/s1. The van der Waals surface area contributed by atoms with E-state index in [1.807, 2.05) is 26.0 Å².